The summed E-state index contributed by atoms with van der Waals surface area (Å²) in [5.41, 5.74) is 7.40. The maximum atomic E-state index is 5.32. The molecule has 0 spiro atoms. The van der Waals surface area contributed by atoms with Crippen LogP contribution in [0.5, 0.6) is 0 Å². The zero-order valence-electron chi connectivity index (χ0n) is 15.8. The molecular formula is C21H28N4S. The fourth-order valence-corrected chi connectivity index (χ4v) is 2.94. The van der Waals surface area contributed by atoms with Crippen molar-refractivity contribution in [3.63, 3.8) is 0 Å². The average Bonchev–Trinajstić information content (AvgIpc) is 2.67. The lowest BCUT2D eigenvalue weighted by Crippen LogP contribution is -2.24. The van der Waals surface area contributed by atoms with Crippen molar-refractivity contribution in [2.45, 2.75) is 33.6 Å². The zero-order chi connectivity index (χ0) is 18.8. The largest absolute Gasteiger partial charge is 0.372 e. The topological polar surface area (TPSA) is 39.7 Å². The quantitative estimate of drug-likeness (QED) is 0.399. The van der Waals surface area contributed by atoms with E-state index in [1.54, 1.807) is 6.21 Å². The highest BCUT2D eigenvalue weighted by Crippen LogP contribution is 2.16. The van der Waals surface area contributed by atoms with E-state index in [1.807, 2.05) is 18.2 Å². The highest BCUT2D eigenvalue weighted by Gasteiger charge is 2.03. The van der Waals surface area contributed by atoms with Crippen LogP contribution in [0.15, 0.2) is 53.6 Å². The molecule has 0 heterocycles. The van der Waals surface area contributed by atoms with Crippen molar-refractivity contribution in [2.24, 2.45) is 5.10 Å². The van der Waals surface area contributed by atoms with Gasteiger partial charge in [-0.3, -0.25) is 5.43 Å². The lowest BCUT2D eigenvalue weighted by Gasteiger charge is -2.22. The fraction of sp³-hybridized carbons (Fsp3) is 0.333. The van der Waals surface area contributed by atoms with Gasteiger partial charge in [-0.2, -0.15) is 5.10 Å². The molecule has 2 aromatic carbocycles. The van der Waals surface area contributed by atoms with E-state index in [9.17, 15) is 0 Å². The van der Waals surface area contributed by atoms with Gasteiger partial charge >= 0.3 is 0 Å². The maximum absolute atomic E-state index is 5.32. The van der Waals surface area contributed by atoms with Gasteiger partial charge in [-0.15, -0.1) is 0 Å². The first-order valence-electron chi connectivity index (χ1n) is 9.20. The Hall–Kier alpha value is -2.40. The monoisotopic (exact) mass is 368 g/mol. The van der Waals surface area contributed by atoms with Crippen molar-refractivity contribution in [1.82, 2.24) is 5.43 Å². The third-order valence-corrected chi connectivity index (χ3v) is 4.35. The van der Waals surface area contributed by atoms with Crippen LogP contribution in [0.4, 0.5) is 11.4 Å². The van der Waals surface area contributed by atoms with Crippen molar-refractivity contribution in [3.05, 3.63) is 59.7 Å². The van der Waals surface area contributed by atoms with Crippen LogP contribution >= 0.6 is 12.2 Å². The van der Waals surface area contributed by atoms with Crippen LogP contribution < -0.4 is 15.6 Å². The van der Waals surface area contributed by atoms with Crippen LogP contribution in [0.2, 0.25) is 0 Å². The Morgan fingerprint density at radius 2 is 1.81 bits per heavy atom. The summed E-state index contributed by atoms with van der Waals surface area (Å²) in [6.07, 6.45) is 3.88. The van der Waals surface area contributed by atoms with Gasteiger partial charge in [0, 0.05) is 24.5 Å². The molecule has 0 radical (unpaired) electrons. The molecule has 2 rings (SSSR count). The molecule has 0 aliphatic rings. The van der Waals surface area contributed by atoms with Gasteiger partial charge < -0.3 is 10.2 Å². The second-order valence-electron chi connectivity index (χ2n) is 6.01. The molecule has 26 heavy (non-hydrogen) atoms. The molecule has 0 amide bonds. The molecule has 5 heteroatoms. The van der Waals surface area contributed by atoms with Crippen molar-refractivity contribution in [3.8, 4) is 0 Å². The van der Waals surface area contributed by atoms with E-state index in [0.717, 1.165) is 37.2 Å². The van der Waals surface area contributed by atoms with Gasteiger partial charge in [0.25, 0.3) is 0 Å². The number of rotatable bonds is 8. The predicted octanol–water partition coefficient (Wildman–Crippen LogP) is 4.81. The standard InChI is InChI=1S/C21H28N4S/c1-4-15-25(6-3)19-13-11-17(12-14-19)16-22-24-21(26)23-20-10-8-7-9-18(20)5-2/h7-14,16H,4-6,15H2,1-3H3,(H2,23,24,26). The van der Waals surface area contributed by atoms with Crippen LogP contribution in [-0.2, 0) is 6.42 Å². The highest BCUT2D eigenvalue weighted by molar-refractivity contribution is 7.80. The second kappa shape index (κ2) is 10.6. The normalized spacial score (nSPS) is 10.7. The van der Waals surface area contributed by atoms with E-state index in [4.69, 9.17) is 12.2 Å². The van der Waals surface area contributed by atoms with E-state index in [-0.39, 0.29) is 0 Å². The minimum atomic E-state index is 0.485. The van der Waals surface area contributed by atoms with Crippen molar-refractivity contribution in [1.29, 1.82) is 0 Å². The number of benzene rings is 2. The van der Waals surface area contributed by atoms with Gasteiger partial charge in [-0.05, 0) is 61.3 Å². The summed E-state index contributed by atoms with van der Waals surface area (Å²) in [6.45, 7) is 8.59. The molecular weight excluding hydrogens is 340 g/mol. The van der Waals surface area contributed by atoms with Crippen LogP contribution in [0.3, 0.4) is 0 Å². The Morgan fingerprint density at radius 3 is 2.46 bits per heavy atom. The van der Waals surface area contributed by atoms with Crippen molar-refractivity contribution >= 4 is 34.9 Å². The van der Waals surface area contributed by atoms with Crippen LogP contribution in [0.1, 0.15) is 38.3 Å². The number of thiocarbonyl (C=S) groups is 1. The lowest BCUT2D eigenvalue weighted by atomic mass is 10.1. The van der Waals surface area contributed by atoms with Crippen molar-refractivity contribution in [2.75, 3.05) is 23.3 Å². The molecule has 0 fully saturated rings. The van der Waals surface area contributed by atoms with E-state index >= 15 is 0 Å². The number of hydrogen-bond donors (Lipinski definition) is 2. The average molecular weight is 369 g/mol. The summed E-state index contributed by atoms with van der Waals surface area (Å²) >= 11 is 5.32. The van der Waals surface area contributed by atoms with E-state index in [2.05, 4.69) is 71.8 Å². The minimum absolute atomic E-state index is 0.485. The highest BCUT2D eigenvalue weighted by atomic mass is 32.1. The van der Waals surface area contributed by atoms with Gasteiger partial charge in [-0.1, -0.05) is 44.2 Å². The summed E-state index contributed by atoms with van der Waals surface area (Å²) in [6, 6.07) is 16.5. The first-order valence-corrected chi connectivity index (χ1v) is 9.61. The SMILES string of the molecule is CCCN(CC)c1ccc(C=NNC(=S)Nc2ccccc2CC)cc1. The Kier molecular flexibility index (Phi) is 8.09. The predicted molar refractivity (Wildman–Crippen MR) is 117 cm³/mol. The number of nitrogens with zero attached hydrogens (tertiary/aromatic N) is 2. The molecule has 2 N–H and O–H groups in total. The third-order valence-electron chi connectivity index (χ3n) is 4.16. The molecule has 138 valence electrons. The number of aryl methyl sites for hydroxylation is 1. The van der Waals surface area contributed by atoms with Crippen molar-refractivity contribution < 1.29 is 0 Å². The van der Waals surface area contributed by atoms with Gasteiger partial charge in [-0.25, -0.2) is 0 Å². The molecule has 0 atom stereocenters. The molecule has 2 aromatic rings. The van der Waals surface area contributed by atoms with Gasteiger partial charge in [0.15, 0.2) is 5.11 Å². The van der Waals surface area contributed by atoms with Crippen LogP contribution in [-0.4, -0.2) is 24.4 Å². The second-order valence-corrected chi connectivity index (χ2v) is 6.41. The van der Waals surface area contributed by atoms with Gasteiger partial charge in [0.2, 0.25) is 0 Å². The van der Waals surface area contributed by atoms with E-state index < -0.39 is 0 Å². The molecule has 0 saturated carbocycles. The smallest absolute Gasteiger partial charge is 0.191 e. The van der Waals surface area contributed by atoms with Crippen LogP contribution in [0, 0.1) is 0 Å². The first kappa shape index (κ1) is 19.9. The number of nitrogens with one attached hydrogen (secondary N) is 2. The molecule has 0 aliphatic carbocycles. The van der Waals surface area contributed by atoms with E-state index in [0.29, 0.717) is 5.11 Å². The molecule has 0 aliphatic heterocycles. The van der Waals surface area contributed by atoms with Gasteiger partial charge in [0.1, 0.15) is 0 Å². The summed E-state index contributed by atoms with van der Waals surface area (Å²) in [7, 11) is 0. The lowest BCUT2D eigenvalue weighted by molar-refractivity contribution is 0.792. The first-order chi connectivity index (χ1) is 12.7. The maximum Gasteiger partial charge on any atom is 0.191 e. The molecule has 0 unspecified atom stereocenters. The number of anilines is 2. The fourth-order valence-electron chi connectivity index (χ4n) is 2.78. The molecule has 4 nitrogen and oxygen atoms in total. The Bertz CT molecular complexity index is 725. The van der Waals surface area contributed by atoms with Gasteiger partial charge in [0.05, 0.1) is 6.21 Å². The minimum Gasteiger partial charge on any atom is -0.372 e. The van der Waals surface area contributed by atoms with E-state index in [1.165, 1.54) is 11.3 Å². The molecule has 0 saturated heterocycles. The number of hydrazone groups is 1. The summed E-state index contributed by atoms with van der Waals surface area (Å²) in [4.78, 5) is 2.36. The Labute approximate surface area is 162 Å². The summed E-state index contributed by atoms with van der Waals surface area (Å²) < 4.78 is 0. The Balaban J connectivity index is 1.90. The molecule has 0 aromatic heterocycles. The molecule has 0 bridgehead atoms. The summed E-state index contributed by atoms with van der Waals surface area (Å²) in [5.74, 6) is 0. The zero-order valence-corrected chi connectivity index (χ0v) is 16.6. The number of hydrogen-bond acceptors (Lipinski definition) is 3. The number of para-hydroxylation sites is 1. The third kappa shape index (κ3) is 5.85. The van der Waals surface area contributed by atoms with Crippen LogP contribution in [0.25, 0.3) is 0 Å². The Morgan fingerprint density at radius 1 is 1.08 bits per heavy atom. The summed E-state index contributed by atoms with van der Waals surface area (Å²) in [5, 5.41) is 7.91.